The standard InChI is InChI=1S/C23H25N3O3S/c27-30(28,22-5-1-3-18-4-2-13-24-23(18)22)25-19-12-14-26(16-19)15-17-6-8-20(9-7-17)29-21-10-11-21/h1-9,13,19,21,25H,10-12,14-16H2/t19-/m1/s1. The maximum absolute atomic E-state index is 13.0. The van der Waals surface area contributed by atoms with Crippen LogP contribution in [0, 0.1) is 0 Å². The van der Waals surface area contributed by atoms with E-state index >= 15 is 0 Å². The first-order valence-electron chi connectivity index (χ1n) is 10.4. The monoisotopic (exact) mass is 423 g/mol. The molecule has 0 bridgehead atoms. The number of para-hydroxylation sites is 1. The number of hydrogen-bond donors (Lipinski definition) is 1. The van der Waals surface area contributed by atoms with E-state index in [9.17, 15) is 8.42 Å². The summed E-state index contributed by atoms with van der Waals surface area (Å²) in [6.45, 7) is 2.36. The van der Waals surface area contributed by atoms with Crippen LogP contribution in [0.2, 0.25) is 0 Å². The van der Waals surface area contributed by atoms with Crippen LogP contribution in [-0.4, -0.2) is 43.5 Å². The van der Waals surface area contributed by atoms with Gasteiger partial charge in [-0.1, -0.05) is 30.3 Å². The van der Waals surface area contributed by atoms with Gasteiger partial charge < -0.3 is 4.74 Å². The van der Waals surface area contributed by atoms with E-state index in [0.717, 1.165) is 43.5 Å². The zero-order chi connectivity index (χ0) is 20.6. The van der Waals surface area contributed by atoms with Gasteiger partial charge in [0, 0.05) is 37.3 Å². The van der Waals surface area contributed by atoms with Crippen LogP contribution in [0.25, 0.3) is 10.9 Å². The summed E-state index contributed by atoms with van der Waals surface area (Å²) in [6.07, 6.45) is 5.13. The molecule has 1 aliphatic carbocycles. The molecule has 7 heteroatoms. The minimum absolute atomic E-state index is 0.105. The van der Waals surface area contributed by atoms with E-state index in [1.807, 2.05) is 30.3 Å². The average Bonchev–Trinajstić information content (AvgIpc) is 3.46. The molecule has 1 saturated carbocycles. The lowest BCUT2D eigenvalue weighted by Crippen LogP contribution is -2.37. The summed E-state index contributed by atoms with van der Waals surface area (Å²) < 4.78 is 34.7. The van der Waals surface area contributed by atoms with E-state index in [-0.39, 0.29) is 10.9 Å². The number of hydrogen-bond acceptors (Lipinski definition) is 5. The third-order valence-electron chi connectivity index (χ3n) is 5.64. The molecule has 0 unspecified atom stereocenters. The predicted octanol–water partition coefficient (Wildman–Crippen LogP) is 3.33. The van der Waals surface area contributed by atoms with Gasteiger partial charge in [-0.2, -0.15) is 0 Å². The molecule has 1 aliphatic heterocycles. The Morgan fingerprint density at radius 3 is 2.63 bits per heavy atom. The van der Waals surface area contributed by atoms with E-state index in [0.29, 0.717) is 18.2 Å². The third kappa shape index (κ3) is 4.33. The molecule has 0 amide bonds. The number of sulfonamides is 1. The van der Waals surface area contributed by atoms with Gasteiger partial charge in [-0.3, -0.25) is 9.88 Å². The molecule has 30 heavy (non-hydrogen) atoms. The van der Waals surface area contributed by atoms with Crippen LogP contribution in [0.15, 0.2) is 65.7 Å². The van der Waals surface area contributed by atoms with Crippen molar-refractivity contribution < 1.29 is 13.2 Å². The quantitative estimate of drug-likeness (QED) is 0.631. The molecule has 156 valence electrons. The molecule has 6 nitrogen and oxygen atoms in total. The summed E-state index contributed by atoms with van der Waals surface area (Å²) >= 11 is 0. The van der Waals surface area contributed by atoms with Crippen molar-refractivity contribution >= 4 is 20.9 Å². The molecule has 2 fully saturated rings. The van der Waals surface area contributed by atoms with Crippen LogP contribution < -0.4 is 9.46 Å². The Kier molecular flexibility index (Phi) is 5.18. The molecule has 2 heterocycles. The zero-order valence-corrected chi connectivity index (χ0v) is 17.5. The molecule has 0 spiro atoms. The maximum atomic E-state index is 13.0. The predicted molar refractivity (Wildman–Crippen MR) is 116 cm³/mol. The van der Waals surface area contributed by atoms with Gasteiger partial charge in [0.15, 0.2) is 0 Å². The molecular weight excluding hydrogens is 398 g/mol. The number of nitrogens with one attached hydrogen (secondary N) is 1. The number of nitrogens with zero attached hydrogens (tertiary/aromatic N) is 2. The molecule has 1 aromatic heterocycles. The summed E-state index contributed by atoms with van der Waals surface area (Å²) in [7, 11) is -3.63. The van der Waals surface area contributed by atoms with Crippen molar-refractivity contribution in [1.82, 2.24) is 14.6 Å². The van der Waals surface area contributed by atoms with Crippen molar-refractivity contribution in [2.45, 2.75) is 42.8 Å². The van der Waals surface area contributed by atoms with Crippen LogP contribution in [0.4, 0.5) is 0 Å². The average molecular weight is 424 g/mol. The van der Waals surface area contributed by atoms with Crippen LogP contribution in [-0.2, 0) is 16.6 Å². The SMILES string of the molecule is O=S(=O)(N[C@@H]1CCN(Cc2ccc(OC3CC3)cc2)C1)c1cccc2cccnc12. The lowest BCUT2D eigenvalue weighted by Gasteiger charge is -2.17. The van der Waals surface area contributed by atoms with E-state index in [2.05, 4.69) is 26.7 Å². The highest BCUT2D eigenvalue weighted by molar-refractivity contribution is 7.89. The molecule has 1 atom stereocenters. The molecule has 0 radical (unpaired) electrons. The zero-order valence-electron chi connectivity index (χ0n) is 16.7. The fraction of sp³-hybridized carbons (Fsp3) is 0.348. The molecule has 2 aliphatic rings. The van der Waals surface area contributed by atoms with Gasteiger partial charge in [-0.25, -0.2) is 13.1 Å². The van der Waals surface area contributed by atoms with Crippen molar-refractivity contribution in [3.05, 3.63) is 66.4 Å². The normalized spacial score (nSPS) is 19.9. The third-order valence-corrected chi connectivity index (χ3v) is 7.19. The summed E-state index contributed by atoms with van der Waals surface area (Å²) in [5.41, 5.74) is 1.72. The van der Waals surface area contributed by atoms with Gasteiger partial charge in [0.05, 0.1) is 11.6 Å². The topological polar surface area (TPSA) is 71.5 Å². The summed E-state index contributed by atoms with van der Waals surface area (Å²) in [5.74, 6) is 0.928. The van der Waals surface area contributed by atoms with Gasteiger partial charge in [0.1, 0.15) is 10.6 Å². The first kappa shape index (κ1) is 19.5. The minimum Gasteiger partial charge on any atom is -0.490 e. The second-order valence-corrected chi connectivity index (χ2v) is 9.82. The van der Waals surface area contributed by atoms with Crippen LogP contribution in [0.5, 0.6) is 5.75 Å². The van der Waals surface area contributed by atoms with Gasteiger partial charge in [-0.05, 0) is 49.1 Å². The largest absolute Gasteiger partial charge is 0.490 e. The van der Waals surface area contributed by atoms with Crippen molar-refractivity contribution in [2.24, 2.45) is 0 Å². The number of benzene rings is 2. The molecule has 1 saturated heterocycles. The van der Waals surface area contributed by atoms with Crippen molar-refractivity contribution in [3.8, 4) is 5.75 Å². The highest BCUT2D eigenvalue weighted by atomic mass is 32.2. The van der Waals surface area contributed by atoms with Gasteiger partial charge >= 0.3 is 0 Å². The van der Waals surface area contributed by atoms with E-state index in [1.54, 1.807) is 18.3 Å². The number of pyridine rings is 1. The first-order valence-corrected chi connectivity index (χ1v) is 11.9. The number of aromatic nitrogens is 1. The minimum atomic E-state index is -3.63. The second kappa shape index (κ2) is 7.98. The summed E-state index contributed by atoms with van der Waals surface area (Å²) in [6, 6.07) is 17.1. The fourth-order valence-corrected chi connectivity index (χ4v) is 5.40. The lowest BCUT2D eigenvalue weighted by atomic mass is 10.2. The van der Waals surface area contributed by atoms with Gasteiger partial charge in [-0.15, -0.1) is 0 Å². The Hall–Kier alpha value is -2.48. The Labute approximate surface area is 176 Å². The van der Waals surface area contributed by atoms with Crippen molar-refractivity contribution in [2.75, 3.05) is 13.1 Å². The van der Waals surface area contributed by atoms with E-state index in [4.69, 9.17) is 4.74 Å². The Morgan fingerprint density at radius 2 is 1.83 bits per heavy atom. The van der Waals surface area contributed by atoms with Crippen LogP contribution >= 0.6 is 0 Å². The highest BCUT2D eigenvalue weighted by Gasteiger charge is 2.28. The van der Waals surface area contributed by atoms with Crippen LogP contribution in [0.1, 0.15) is 24.8 Å². The van der Waals surface area contributed by atoms with Crippen LogP contribution in [0.3, 0.4) is 0 Å². The molecule has 5 rings (SSSR count). The second-order valence-electron chi connectivity index (χ2n) is 8.13. The number of rotatable bonds is 7. The first-order chi connectivity index (χ1) is 14.6. The summed E-state index contributed by atoms with van der Waals surface area (Å²) in [5, 5.41) is 0.822. The number of likely N-dealkylation sites (tertiary alicyclic amines) is 1. The molecular formula is C23H25N3O3S. The smallest absolute Gasteiger partial charge is 0.243 e. The molecule has 2 aromatic carbocycles. The molecule has 3 aromatic rings. The number of fused-ring (bicyclic) bond motifs is 1. The Balaban J connectivity index is 1.22. The Morgan fingerprint density at radius 1 is 1.03 bits per heavy atom. The molecule has 1 N–H and O–H groups in total. The highest BCUT2D eigenvalue weighted by Crippen LogP contribution is 2.27. The van der Waals surface area contributed by atoms with E-state index < -0.39 is 10.0 Å². The fourth-order valence-electron chi connectivity index (χ4n) is 3.96. The van der Waals surface area contributed by atoms with Gasteiger partial charge in [0.25, 0.3) is 0 Å². The Bertz CT molecular complexity index is 1140. The summed E-state index contributed by atoms with van der Waals surface area (Å²) in [4.78, 5) is 6.81. The number of ether oxygens (including phenoxy) is 1. The van der Waals surface area contributed by atoms with Crippen molar-refractivity contribution in [3.63, 3.8) is 0 Å². The lowest BCUT2D eigenvalue weighted by molar-refractivity contribution is 0.302. The van der Waals surface area contributed by atoms with Crippen molar-refractivity contribution in [1.29, 1.82) is 0 Å². The van der Waals surface area contributed by atoms with E-state index in [1.165, 1.54) is 5.56 Å². The van der Waals surface area contributed by atoms with Gasteiger partial charge in [0.2, 0.25) is 10.0 Å². The maximum Gasteiger partial charge on any atom is 0.243 e.